The van der Waals surface area contributed by atoms with E-state index in [1.807, 2.05) is 13.8 Å². The largest absolute Gasteiger partial charge is 0.343 e. The van der Waals surface area contributed by atoms with Gasteiger partial charge < -0.3 is 15.1 Å². The summed E-state index contributed by atoms with van der Waals surface area (Å²) in [6, 6.07) is 6.42. The molecule has 2 aromatic carbocycles. The molecule has 3 fully saturated rings. The van der Waals surface area contributed by atoms with Gasteiger partial charge >= 0.3 is 0 Å². The van der Waals surface area contributed by atoms with Gasteiger partial charge in [0.2, 0.25) is 27.7 Å². The minimum absolute atomic E-state index is 0.0556. The van der Waals surface area contributed by atoms with Crippen LogP contribution in [-0.2, 0) is 30.8 Å². The Labute approximate surface area is 265 Å². The number of amides is 3. The second-order valence-electron chi connectivity index (χ2n) is 11.1. The van der Waals surface area contributed by atoms with Crippen molar-refractivity contribution in [1.29, 1.82) is 0 Å². The number of hydrogen-bond donors (Lipinski definition) is 1. The van der Waals surface area contributed by atoms with Crippen molar-refractivity contribution in [2.45, 2.75) is 68.7 Å². The molecule has 2 aromatic rings. The third-order valence-electron chi connectivity index (χ3n) is 8.14. The van der Waals surface area contributed by atoms with Crippen LogP contribution in [0, 0.1) is 5.92 Å². The first kappa shape index (κ1) is 31.3. The van der Waals surface area contributed by atoms with Crippen LogP contribution < -0.4 is 5.32 Å². The molecule has 0 bridgehead atoms. The molecule has 2 aliphatic heterocycles. The molecular formula is C28H30Cl4N4O5S. The zero-order valence-electron chi connectivity index (χ0n) is 22.9. The monoisotopic (exact) mass is 674 g/mol. The van der Waals surface area contributed by atoms with Gasteiger partial charge in [0.1, 0.15) is 23.1 Å². The lowest BCUT2D eigenvalue weighted by Crippen LogP contribution is -2.76. The van der Waals surface area contributed by atoms with Gasteiger partial charge in [-0.25, -0.2) is 8.42 Å². The fourth-order valence-electron chi connectivity index (χ4n) is 5.64. The van der Waals surface area contributed by atoms with Crippen LogP contribution in [0.4, 0.5) is 0 Å². The zero-order chi connectivity index (χ0) is 30.5. The first-order valence-corrected chi connectivity index (χ1v) is 16.6. The summed E-state index contributed by atoms with van der Waals surface area (Å²) in [5, 5.41) is 3.57. The molecule has 1 N–H and O–H groups in total. The molecule has 3 aliphatic rings. The first-order valence-electron chi connectivity index (χ1n) is 13.6. The number of rotatable bonds is 7. The minimum Gasteiger partial charge on any atom is -0.343 e. The molecule has 5 rings (SSSR count). The van der Waals surface area contributed by atoms with Crippen LogP contribution in [-0.4, -0.2) is 77.6 Å². The Morgan fingerprint density at radius 1 is 0.952 bits per heavy atom. The summed E-state index contributed by atoms with van der Waals surface area (Å²) in [4.78, 5) is 43.7. The third-order valence-corrected chi connectivity index (χ3v) is 11.5. The van der Waals surface area contributed by atoms with Crippen LogP contribution in [0.1, 0.15) is 38.7 Å². The maximum atomic E-state index is 14.2. The van der Waals surface area contributed by atoms with Gasteiger partial charge in [0, 0.05) is 29.9 Å². The third kappa shape index (κ3) is 5.86. The molecule has 9 nitrogen and oxygen atoms in total. The fraction of sp³-hybridized carbons (Fsp3) is 0.464. The van der Waals surface area contributed by atoms with Crippen molar-refractivity contribution in [3.8, 4) is 0 Å². The quantitative estimate of drug-likeness (QED) is 0.462. The van der Waals surface area contributed by atoms with Crippen LogP contribution in [0.3, 0.4) is 0 Å². The van der Waals surface area contributed by atoms with Gasteiger partial charge in [-0.1, -0.05) is 58.9 Å². The van der Waals surface area contributed by atoms with Crippen molar-refractivity contribution in [1.82, 2.24) is 19.4 Å². The van der Waals surface area contributed by atoms with Gasteiger partial charge in [-0.15, -0.1) is 0 Å². The average molecular weight is 676 g/mol. The summed E-state index contributed by atoms with van der Waals surface area (Å²) >= 11 is 24.8. The van der Waals surface area contributed by atoms with Crippen molar-refractivity contribution in [3.63, 3.8) is 0 Å². The minimum atomic E-state index is -4.34. The second-order valence-corrected chi connectivity index (χ2v) is 14.6. The van der Waals surface area contributed by atoms with Crippen LogP contribution in [0.2, 0.25) is 20.1 Å². The molecule has 14 heteroatoms. The molecule has 42 heavy (non-hydrogen) atoms. The maximum absolute atomic E-state index is 14.2. The zero-order valence-corrected chi connectivity index (χ0v) is 26.7. The van der Waals surface area contributed by atoms with E-state index < -0.39 is 34.2 Å². The summed E-state index contributed by atoms with van der Waals surface area (Å²) < 4.78 is 29.6. The summed E-state index contributed by atoms with van der Waals surface area (Å²) in [7, 11) is -4.34. The van der Waals surface area contributed by atoms with E-state index in [-0.39, 0.29) is 63.2 Å². The highest BCUT2D eigenvalue weighted by atomic mass is 35.5. The number of halogens is 4. The van der Waals surface area contributed by atoms with E-state index in [4.69, 9.17) is 46.4 Å². The first-order chi connectivity index (χ1) is 19.8. The standard InChI is InChI=1S/C28H30Cl4N4O5S/c1-15(2)34-14-25-35(42(40,41)24-9-7-18(29)12-21(24)32)13-22(33-26(37)17-4-3-5-17)27(38)36(25)23(28(34)39)11-16-6-8-19(30)20(31)10-16/h6-10,12,15,17,22-23,25H,3-5,11,13-14H2,1-2H3,(H,33,37). The van der Waals surface area contributed by atoms with Gasteiger partial charge in [0.15, 0.2) is 0 Å². The Balaban J connectivity index is 1.60. The highest BCUT2D eigenvalue weighted by Crippen LogP contribution is 2.36. The van der Waals surface area contributed by atoms with Gasteiger partial charge in [-0.3, -0.25) is 14.4 Å². The molecular weight excluding hydrogens is 646 g/mol. The number of carbonyl (C=O) groups excluding carboxylic acids is 3. The molecule has 226 valence electrons. The Hall–Kier alpha value is -2.08. The number of hydrogen-bond acceptors (Lipinski definition) is 5. The van der Waals surface area contributed by atoms with Crippen molar-refractivity contribution in [2.75, 3.05) is 13.1 Å². The van der Waals surface area contributed by atoms with Crippen LogP contribution in [0.5, 0.6) is 0 Å². The molecule has 0 spiro atoms. The molecule has 3 unspecified atom stereocenters. The van der Waals surface area contributed by atoms with E-state index >= 15 is 0 Å². The smallest absolute Gasteiger partial charge is 0.248 e. The Kier molecular flexibility index (Phi) is 9.05. The molecule has 0 aromatic heterocycles. The number of nitrogens with zero attached hydrogens (tertiary/aromatic N) is 3. The van der Waals surface area contributed by atoms with Crippen molar-refractivity contribution >= 4 is 74.1 Å². The van der Waals surface area contributed by atoms with Gasteiger partial charge in [0.25, 0.3) is 0 Å². The summed E-state index contributed by atoms with van der Waals surface area (Å²) in [6.07, 6.45) is 1.30. The van der Waals surface area contributed by atoms with E-state index in [0.29, 0.717) is 23.4 Å². The Bertz CT molecular complexity index is 1530. The number of sulfonamides is 1. The maximum Gasteiger partial charge on any atom is 0.248 e. The Morgan fingerprint density at radius 2 is 1.67 bits per heavy atom. The van der Waals surface area contributed by atoms with E-state index in [2.05, 4.69) is 5.32 Å². The Morgan fingerprint density at radius 3 is 2.26 bits per heavy atom. The molecule has 3 atom stereocenters. The van der Waals surface area contributed by atoms with Gasteiger partial charge in [0.05, 0.1) is 21.6 Å². The number of fused-ring (bicyclic) bond motifs is 1. The summed E-state index contributed by atoms with van der Waals surface area (Å²) in [6.45, 7) is 3.27. The lowest BCUT2D eigenvalue weighted by atomic mass is 9.84. The van der Waals surface area contributed by atoms with Crippen LogP contribution >= 0.6 is 46.4 Å². The molecule has 1 aliphatic carbocycles. The molecule has 3 amide bonds. The van der Waals surface area contributed by atoms with Crippen molar-refractivity contribution < 1.29 is 22.8 Å². The van der Waals surface area contributed by atoms with E-state index in [9.17, 15) is 22.8 Å². The van der Waals surface area contributed by atoms with Crippen LogP contribution in [0.15, 0.2) is 41.3 Å². The number of carbonyl (C=O) groups is 3. The highest BCUT2D eigenvalue weighted by molar-refractivity contribution is 7.89. The molecule has 1 saturated carbocycles. The van der Waals surface area contributed by atoms with Crippen molar-refractivity contribution in [2.24, 2.45) is 5.92 Å². The molecule has 2 saturated heterocycles. The average Bonchev–Trinajstić information content (AvgIpc) is 2.87. The number of benzene rings is 2. The number of nitrogens with one attached hydrogen (secondary N) is 1. The summed E-state index contributed by atoms with van der Waals surface area (Å²) in [5.41, 5.74) is 0.635. The van der Waals surface area contributed by atoms with Crippen LogP contribution in [0.25, 0.3) is 0 Å². The lowest BCUT2D eigenvalue weighted by molar-refractivity contribution is -0.169. The van der Waals surface area contributed by atoms with E-state index in [0.717, 1.165) is 6.42 Å². The van der Waals surface area contributed by atoms with Crippen molar-refractivity contribution in [3.05, 3.63) is 62.1 Å². The summed E-state index contributed by atoms with van der Waals surface area (Å²) in [5.74, 6) is -1.41. The fourth-order valence-corrected chi connectivity index (χ4v) is 8.29. The lowest BCUT2D eigenvalue weighted by Gasteiger charge is -2.54. The number of piperazine rings is 1. The van der Waals surface area contributed by atoms with Gasteiger partial charge in [-0.2, -0.15) is 4.31 Å². The predicted molar refractivity (Wildman–Crippen MR) is 161 cm³/mol. The normalized spacial score (nSPS) is 23.6. The second kappa shape index (κ2) is 12.1. The molecule has 2 heterocycles. The molecule has 0 radical (unpaired) electrons. The highest BCUT2D eigenvalue weighted by Gasteiger charge is 2.54. The van der Waals surface area contributed by atoms with E-state index in [1.54, 1.807) is 23.1 Å². The van der Waals surface area contributed by atoms with Gasteiger partial charge in [-0.05, 0) is 62.6 Å². The van der Waals surface area contributed by atoms with E-state index in [1.165, 1.54) is 27.4 Å². The SMILES string of the molecule is CC(C)N1CC2N(C(=O)C(NC(=O)C3CCC3)CN2S(=O)(=O)c2ccc(Cl)cc2Cl)C(Cc2ccc(Cl)c(Cl)c2)C1=O. The predicted octanol–water partition coefficient (Wildman–Crippen LogP) is 4.61. The topological polar surface area (TPSA) is 107 Å².